The number of sulfonamides is 1. The van der Waals surface area contributed by atoms with Crippen LogP contribution < -0.4 is 11.3 Å². The standard InChI is InChI=1S/C14H23N3O3S/c1-10-7-12(16-15)8-11(2)13(10)21(19,20)17-6-4-5-14(3,18)9-17/h7-8,16,18H,4-6,9,15H2,1-3H3. The van der Waals surface area contributed by atoms with Crippen LogP contribution in [0.4, 0.5) is 5.69 Å². The van der Waals surface area contributed by atoms with Crippen LogP contribution in [0, 0.1) is 13.8 Å². The zero-order valence-corrected chi connectivity index (χ0v) is 13.5. The summed E-state index contributed by atoms with van der Waals surface area (Å²) in [6, 6.07) is 3.42. The Hall–Kier alpha value is -1.15. The molecule has 0 aliphatic carbocycles. The summed E-state index contributed by atoms with van der Waals surface area (Å²) in [5.41, 5.74) is 3.53. The van der Waals surface area contributed by atoms with E-state index in [4.69, 9.17) is 5.84 Å². The maximum absolute atomic E-state index is 12.9. The Kier molecular flexibility index (Phi) is 4.30. The number of hydrogen-bond acceptors (Lipinski definition) is 5. The molecule has 1 aliphatic rings. The van der Waals surface area contributed by atoms with Crippen LogP contribution in [-0.4, -0.2) is 36.5 Å². The van der Waals surface area contributed by atoms with E-state index in [0.717, 1.165) is 0 Å². The molecule has 4 N–H and O–H groups in total. The van der Waals surface area contributed by atoms with Gasteiger partial charge < -0.3 is 10.5 Å². The van der Waals surface area contributed by atoms with E-state index in [1.165, 1.54) is 4.31 Å². The molecule has 2 rings (SSSR count). The summed E-state index contributed by atoms with van der Waals surface area (Å²) >= 11 is 0. The summed E-state index contributed by atoms with van der Waals surface area (Å²) in [7, 11) is -3.61. The van der Waals surface area contributed by atoms with Gasteiger partial charge in [-0.2, -0.15) is 4.31 Å². The predicted octanol–water partition coefficient (Wildman–Crippen LogP) is 1.12. The van der Waals surface area contributed by atoms with Gasteiger partial charge in [0.2, 0.25) is 10.0 Å². The van der Waals surface area contributed by atoms with Gasteiger partial charge in [-0.15, -0.1) is 0 Å². The van der Waals surface area contributed by atoms with Crippen LogP contribution in [0.15, 0.2) is 17.0 Å². The lowest BCUT2D eigenvalue weighted by atomic mass is 9.97. The van der Waals surface area contributed by atoms with Crippen molar-refractivity contribution in [1.29, 1.82) is 0 Å². The van der Waals surface area contributed by atoms with Crippen molar-refractivity contribution < 1.29 is 13.5 Å². The third-order valence-corrected chi connectivity index (χ3v) is 6.02. The Morgan fingerprint density at radius 1 is 1.33 bits per heavy atom. The molecule has 1 aromatic carbocycles. The van der Waals surface area contributed by atoms with E-state index in [1.54, 1.807) is 32.9 Å². The first-order valence-electron chi connectivity index (χ1n) is 6.98. The smallest absolute Gasteiger partial charge is 0.243 e. The summed E-state index contributed by atoms with van der Waals surface area (Å²) in [5.74, 6) is 5.38. The first-order chi connectivity index (χ1) is 9.67. The molecule has 0 radical (unpaired) electrons. The lowest BCUT2D eigenvalue weighted by molar-refractivity contribution is 0.00938. The average molecular weight is 313 g/mol. The summed E-state index contributed by atoms with van der Waals surface area (Å²) in [4.78, 5) is 0.305. The summed E-state index contributed by atoms with van der Waals surface area (Å²) in [6.45, 7) is 5.75. The fraction of sp³-hybridized carbons (Fsp3) is 0.571. The van der Waals surface area contributed by atoms with E-state index < -0.39 is 15.6 Å². The molecule has 7 heteroatoms. The van der Waals surface area contributed by atoms with Crippen molar-refractivity contribution in [2.75, 3.05) is 18.5 Å². The predicted molar refractivity (Wildman–Crippen MR) is 82.3 cm³/mol. The van der Waals surface area contributed by atoms with Gasteiger partial charge >= 0.3 is 0 Å². The molecule has 1 saturated heterocycles. The van der Waals surface area contributed by atoms with Crippen molar-refractivity contribution in [2.45, 2.75) is 44.1 Å². The molecule has 0 amide bonds. The van der Waals surface area contributed by atoms with Crippen molar-refractivity contribution in [3.63, 3.8) is 0 Å². The Balaban J connectivity index is 2.45. The highest BCUT2D eigenvalue weighted by atomic mass is 32.2. The first-order valence-corrected chi connectivity index (χ1v) is 8.42. The zero-order valence-electron chi connectivity index (χ0n) is 12.7. The highest BCUT2D eigenvalue weighted by Crippen LogP contribution is 2.30. The third kappa shape index (κ3) is 3.21. The maximum atomic E-state index is 12.9. The summed E-state index contributed by atoms with van der Waals surface area (Å²) in [6.07, 6.45) is 1.28. The molecule has 1 fully saturated rings. The number of aliphatic hydroxyl groups is 1. The van der Waals surface area contributed by atoms with Gasteiger partial charge in [0.05, 0.1) is 10.5 Å². The van der Waals surface area contributed by atoms with Crippen LogP contribution in [0.5, 0.6) is 0 Å². The largest absolute Gasteiger partial charge is 0.389 e. The quantitative estimate of drug-likeness (QED) is 0.574. The highest BCUT2D eigenvalue weighted by molar-refractivity contribution is 7.89. The molecule has 0 spiro atoms. The van der Waals surface area contributed by atoms with E-state index in [1.807, 2.05) is 0 Å². The van der Waals surface area contributed by atoms with Crippen molar-refractivity contribution in [1.82, 2.24) is 4.31 Å². The van der Waals surface area contributed by atoms with Crippen LogP contribution in [-0.2, 0) is 10.0 Å². The normalized spacial score (nSPS) is 24.0. The number of benzene rings is 1. The zero-order chi connectivity index (χ0) is 15.8. The third-order valence-electron chi connectivity index (χ3n) is 3.86. The maximum Gasteiger partial charge on any atom is 0.243 e. The van der Waals surface area contributed by atoms with E-state index in [-0.39, 0.29) is 6.54 Å². The summed E-state index contributed by atoms with van der Waals surface area (Å²) in [5, 5.41) is 10.1. The number of rotatable bonds is 3. The molecular formula is C14H23N3O3S. The van der Waals surface area contributed by atoms with Gasteiger partial charge in [0.25, 0.3) is 0 Å². The number of hydrogen-bond donors (Lipinski definition) is 3. The fourth-order valence-electron chi connectivity index (χ4n) is 2.95. The minimum absolute atomic E-state index is 0.130. The highest BCUT2D eigenvalue weighted by Gasteiger charge is 2.36. The van der Waals surface area contributed by atoms with Gasteiger partial charge in [0.1, 0.15) is 0 Å². The van der Waals surface area contributed by atoms with Crippen molar-refractivity contribution >= 4 is 15.7 Å². The minimum Gasteiger partial charge on any atom is -0.389 e. The van der Waals surface area contributed by atoms with E-state index >= 15 is 0 Å². The Morgan fingerprint density at radius 2 is 1.90 bits per heavy atom. The molecule has 118 valence electrons. The van der Waals surface area contributed by atoms with Crippen LogP contribution in [0.1, 0.15) is 30.9 Å². The van der Waals surface area contributed by atoms with Gasteiger partial charge in [-0.3, -0.25) is 5.84 Å². The van der Waals surface area contributed by atoms with E-state index in [2.05, 4.69) is 5.43 Å². The van der Waals surface area contributed by atoms with Crippen LogP contribution in [0.3, 0.4) is 0 Å². The Morgan fingerprint density at radius 3 is 2.38 bits per heavy atom. The Labute approximate surface area is 126 Å². The van der Waals surface area contributed by atoms with Gasteiger partial charge in [-0.05, 0) is 56.9 Å². The average Bonchev–Trinajstić information content (AvgIpc) is 2.36. The molecule has 0 bridgehead atoms. The number of nitrogens with one attached hydrogen (secondary N) is 1. The molecule has 1 atom stereocenters. The lowest BCUT2D eigenvalue weighted by Crippen LogP contribution is -2.48. The number of nitrogens with zero attached hydrogens (tertiary/aromatic N) is 1. The van der Waals surface area contributed by atoms with E-state index in [9.17, 15) is 13.5 Å². The van der Waals surface area contributed by atoms with Gasteiger partial charge in [0.15, 0.2) is 0 Å². The second kappa shape index (κ2) is 5.57. The summed E-state index contributed by atoms with van der Waals surface area (Å²) < 4.78 is 27.1. The number of piperidine rings is 1. The molecule has 1 aliphatic heterocycles. The fourth-order valence-corrected chi connectivity index (χ4v) is 4.96. The number of aryl methyl sites for hydroxylation is 2. The van der Waals surface area contributed by atoms with Crippen LogP contribution >= 0.6 is 0 Å². The van der Waals surface area contributed by atoms with Crippen molar-refractivity contribution in [2.24, 2.45) is 5.84 Å². The molecule has 1 heterocycles. The molecule has 0 aromatic heterocycles. The van der Waals surface area contributed by atoms with Gasteiger partial charge in [-0.25, -0.2) is 8.42 Å². The Bertz CT molecular complexity index is 618. The molecular weight excluding hydrogens is 290 g/mol. The van der Waals surface area contributed by atoms with Crippen molar-refractivity contribution in [3.8, 4) is 0 Å². The monoisotopic (exact) mass is 313 g/mol. The molecule has 1 aromatic rings. The van der Waals surface area contributed by atoms with Crippen LogP contribution in [0.25, 0.3) is 0 Å². The first kappa shape index (κ1) is 16.2. The second-order valence-electron chi connectivity index (χ2n) is 6.02. The van der Waals surface area contributed by atoms with Crippen molar-refractivity contribution in [3.05, 3.63) is 23.3 Å². The molecule has 0 saturated carbocycles. The number of β-amino-alcohol motifs (C(OH)–C–C–N with tert-alkyl or cyclic N) is 1. The SMILES string of the molecule is Cc1cc(NN)cc(C)c1S(=O)(=O)N1CCCC(C)(O)C1. The number of nitrogen functional groups attached to an aromatic ring is 1. The number of anilines is 1. The topological polar surface area (TPSA) is 95.7 Å². The molecule has 6 nitrogen and oxygen atoms in total. The molecule has 1 unspecified atom stereocenters. The van der Waals surface area contributed by atoms with Gasteiger partial charge in [0, 0.05) is 18.8 Å². The minimum atomic E-state index is -3.61. The molecule has 21 heavy (non-hydrogen) atoms. The van der Waals surface area contributed by atoms with Crippen LogP contribution in [0.2, 0.25) is 0 Å². The van der Waals surface area contributed by atoms with E-state index in [0.29, 0.717) is 41.1 Å². The number of nitrogens with two attached hydrogens (primary N) is 1. The van der Waals surface area contributed by atoms with Gasteiger partial charge in [-0.1, -0.05) is 0 Å². The lowest BCUT2D eigenvalue weighted by Gasteiger charge is -2.36. The second-order valence-corrected chi connectivity index (χ2v) is 7.90. The number of hydrazine groups is 1.